The van der Waals surface area contributed by atoms with Crippen molar-refractivity contribution in [2.45, 2.75) is 6.92 Å². The molecule has 22 heavy (non-hydrogen) atoms. The molecule has 0 aliphatic rings. The van der Waals surface area contributed by atoms with E-state index in [-0.39, 0.29) is 11.4 Å². The van der Waals surface area contributed by atoms with Crippen molar-refractivity contribution in [3.05, 3.63) is 77.6 Å². The number of aryl methyl sites for hydroxylation is 1. The largest absolute Gasteiger partial charge is 0.282 e. The molecule has 0 saturated heterocycles. The van der Waals surface area contributed by atoms with Crippen molar-refractivity contribution in [2.24, 2.45) is 0 Å². The monoisotopic (exact) mass is 288 g/mol. The minimum absolute atomic E-state index is 0.00708. The summed E-state index contributed by atoms with van der Waals surface area (Å²) in [4.78, 5) is 12.7. The summed E-state index contributed by atoms with van der Waals surface area (Å²) in [6.45, 7) is 1.95. The maximum Gasteiger partial charge on any atom is 0.260 e. The van der Waals surface area contributed by atoms with E-state index in [1.807, 2.05) is 37.1 Å². The van der Waals surface area contributed by atoms with E-state index >= 15 is 0 Å². The van der Waals surface area contributed by atoms with Crippen LogP contribution in [0.2, 0.25) is 0 Å². The first kappa shape index (κ1) is 15.1. The molecule has 2 aromatic rings. The number of rotatable bonds is 4. The Labute approximate surface area is 128 Å². The summed E-state index contributed by atoms with van der Waals surface area (Å²) in [6, 6.07) is 14.4. The third-order valence-corrected chi connectivity index (χ3v) is 3.08. The van der Waals surface area contributed by atoms with Gasteiger partial charge in [0.15, 0.2) is 12.4 Å². The molecule has 0 bridgehead atoms. The molecule has 0 amide bonds. The van der Waals surface area contributed by atoms with Gasteiger partial charge in [0.05, 0.1) is 0 Å². The van der Waals surface area contributed by atoms with Crippen molar-refractivity contribution in [1.29, 1.82) is 10.7 Å². The SMILES string of the molecule is Cc1cc[n+](C(=CC(=C=N)C#N)C(=O)c2ccccc2)cc1. The molecule has 0 aliphatic heterocycles. The van der Waals surface area contributed by atoms with Gasteiger partial charge in [-0.25, -0.2) is 0 Å². The Morgan fingerprint density at radius 2 is 1.82 bits per heavy atom. The van der Waals surface area contributed by atoms with E-state index in [9.17, 15) is 4.79 Å². The van der Waals surface area contributed by atoms with Gasteiger partial charge in [-0.2, -0.15) is 9.83 Å². The Bertz CT molecular complexity index is 806. The highest BCUT2D eigenvalue weighted by Crippen LogP contribution is 2.10. The van der Waals surface area contributed by atoms with Crippen molar-refractivity contribution in [3.63, 3.8) is 0 Å². The molecule has 0 radical (unpaired) electrons. The van der Waals surface area contributed by atoms with E-state index in [0.29, 0.717) is 11.3 Å². The molecule has 1 aromatic carbocycles. The van der Waals surface area contributed by atoms with Crippen LogP contribution >= 0.6 is 0 Å². The molecule has 0 saturated carbocycles. The van der Waals surface area contributed by atoms with Crippen molar-refractivity contribution in [2.75, 3.05) is 0 Å². The molecule has 0 unspecified atom stereocenters. The van der Waals surface area contributed by atoms with E-state index in [1.54, 1.807) is 41.2 Å². The van der Waals surface area contributed by atoms with Gasteiger partial charge >= 0.3 is 0 Å². The molecule has 0 fully saturated rings. The fourth-order valence-corrected chi connectivity index (χ4v) is 1.89. The average molecular weight is 288 g/mol. The van der Waals surface area contributed by atoms with E-state index in [2.05, 4.69) is 0 Å². The third-order valence-electron chi connectivity index (χ3n) is 3.08. The van der Waals surface area contributed by atoms with Gasteiger partial charge in [-0.3, -0.25) is 10.2 Å². The summed E-state index contributed by atoms with van der Waals surface area (Å²) in [5, 5.41) is 16.1. The lowest BCUT2D eigenvalue weighted by atomic mass is 10.1. The smallest absolute Gasteiger partial charge is 0.260 e. The second kappa shape index (κ2) is 6.94. The van der Waals surface area contributed by atoms with E-state index in [4.69, 9.17) is 10.7 Å². The number of pyridine rings is 1. The predicted molar refractivity (Wildman–Crippen MR) is 83.3 cm³/mol. The Morgan fingerprint density at radius 3 is 2.36 bits per heavy atom. The fraction of sp³-hybridized carbons (Fsp3) is 0.0556. The quantitative estimate of drug-likeness (QED) is 0.235. The molecule has 4 heteroatoms. The molecule has 1 N–H and O–H groups in total. The number of Topliss-reactive ketones (excluding diaryl/α,β-unsaturated/α-hetero) is 1. The molecule has 0 spiro atoms. The van der Waals surface area contributed by atoms with Gasteiger partial charge in [0.1, 0.15) is 11.6 Å². The number of allylic oxidation sites excluding steroid dienone is 3. The van der Waals surface area contributed by atoms with E-state index < -0.39 is 0 Å². The van der Waals surface area contributed by atoms with Gasteiger partial charge < -0.3 is 0 Å². The van der Waals surface area contributed by atoms with Crippen LogP contribution in [0.4, 0.5) is 0 Å². The number of nitrogens with one attached hydrogen (secondary N) is 1. The topological polar surface area (TPSA) is 68.6 Å². The fourth-order valence-electron chi connectivity index (χ4n) is 1.89. The Balaban J connectivity index is 2.56. The van der Waals surface area contributed by atoms with Crippen molar-refractivity contribution in [1.82, 2.24) is 0 Å². The lowest BCUT2D eigenvalue weighted by Gasteiger charge is -2.02. The number of benzene rings is 1. The minimum atomic E-state index is -0.225. The zero-order chi connectivity index (χ0) is 15.9. The van der Waals surface area contributed by atoms with Crippen molar-refractivity contribution < 1.29 is 9.36 Å². The average Bonchev–Trinajstić information content (AvgIpc) is 2.57. The molecular formula is C18H14N3O+. The molecular weight excluding hydrogens is 274 g/mol. The van der Waals surface area contributed by atoms with Crippen LogP contribution in [0, 0.1) is 23.7 Å². The molecule has 1 heterocycles. The maximum absolute atomic E-state index is 12.7. The van der Waals surface area contributed by atoms with Crippen LogP contribution in [0.5, 0.6) is 0 Å². The third kappa shape index (κ3) is 3.43. The summed E-state index contributed by atoms with van der Waals surface area (Å²) in [5.74, 6) is 1.81. The van der Waals surface area contributed by atoms with Crippen molar-refractivity contribution >= 4 is 17.4 Å². The summed E-state index contributed by atoms with van der Waals surface area (Å²) in [7, 11) is 0. The number of hydrogen-bond donors (Lipinski definition) is 1. The Hall–Kier alpha value is -3.28. The number of aromatic nitrogens is 1. The van der Waals surface area contributed by atoms with Crippen LogP contribution < -0.4 is 4.57 Å². The highest BCUT2D eigenvalue weighted by atomic mass is 16.1. The van der Waals surface area contributed by atoms with Crippen LogP contribution in [0.15, 0.2) is 66.5 Å². The summed E-state index contributed by atoms with van der Waals surface area (Å²) in [5.41, 5.74) is 1.87. The first-order chi connectivity index (χ1) is 10.7. The first-order valence-electron chi connectivity index (χ1n) is 6.65. The second-order valence-corrected chi connectivity index (χ2v) is 4.66. The Kier molecular flexibility index (Phi) is 4.77. The van der Waals surface area contributed by atoms with Crippen molar-refractivity contribution in [3.8, 4) is 6.07 Å². The minimum Gasteiger partial charge on any atom is -0.282 e. The summed E-state index contributed by atoms with van der Waals surface area (Å²) < 4.78 is 1.64. The first-order valence-corrected chi connectivity index (χ1v) is 6.65. The predicted octanol–water partition coefficient (Wildman–Crippen LogP) is 2.70. The van der Waals surface area contributed by atoms with Crippen LogP contribution in [-0.2, 0) is 0 Å². The summed E-state index contributed by atoms with van der Waals surface area (Å²) in [6.07, 6.45) is 4.87. The number of carbonyl (C=O) groups excluding carboxylic acids is 1. The molecule has 4 nitrogen and oxygen atoms in total. The maximum atomic E-state index is 12.7. The molecule has 0 aliphatic carbocycles. The number of hydrogen-bond acceptors (Lipinski definition) is 3. The van der Waals surface area contributed by atoms with Gasteiger partial charge in [0, 0.05) is 23.8 Å². The van der Waals surface area contributed by atoms with Crippen LogP contribution in [0.3, 0.4) is 0 Å². The Morgan fingerprint density at radius 1 is 1.18 bits per heavy atom. The van der Waals surface area contributed by atoms with E-state index in [0.717, 1.165) is 5.56 Å². The van der Waals surface area contributed by atoms with Gasteiger partial charge in [-0.1, -0.05) is 30.3 Å². The number of carbonyl (C=O) groups is 1. The molecule has 1 aromatic heterocycles. The number of nitriles is 1. The highest BCUT2D eigenvalue weighted by molar-refractivity contribution is 6.22. The van der Waals surface area contributed by atoms with Crippen LogP contribution in [0.1, 0.15) is 15.9 Å². The van der Waals surface area contributed by atoms with Crippen LogP contribution in [0.25, 0.3) is 5.70 Å². The van der Waals surface area contributed by atoms with Crippen LogP contribution in [-0.4, -0.2) is 11.7 Å². The standard InChI is InChI=1S/C18H14N3O/c1-14-7-9-21(10-8-14)17(11-15(12-19)13-20)18(22)16-5-3-2-4-6-16/h2-11,19H,1H3/q+1. The molecule has 106 valence electrons. The number of nitrogens with zero attached hydrogens (tertiary/aromatic N) is 2. The summed E-state index contributed by atoms with van der Waals surface area (Å²) >= 11 is 0. The lowest BCUT2D eigenvalue weighted by molar-refractivity contribution is -0.576. The van der Waals surface area contributed by atoms with Gasteiger partial charge in [-0.05, 0) is 18.4 Å². The number of ketones is 1. The second-order valence-electron chi connectivity index (χ2n) is 4.66. The van der Waals surface area contributed by atoms with Gasteiger partial charge in [0.2, 0.25) is 0 Å². The van der Waals surface area contributed by atoms with Gasteiger partial charge in [-0.15, -0.1) is 0 Å². The highest BCUT2D eigenvalue weighted by Gasteiger charge is 2.22. The van der Waals surface area contributed by atoms with Gasteiger partial charge in [0.25, 0.3) is 11.5 Å². The van der Waals surface area contributed by atoms with E-state index in [1.165, 1.54) is 6.08 Å². The zero-order valence-electron chi connectivity index (χ0n) is 12.1. The molecule has 2 rings (SSSR count). The lowest BCUT2D eigenvalue weighted by Crippen LogP contribution is -2.35. The normalized spacial score (nSPS) is 10.5. The zero-order valence-corrected chi connectivity index (χ0v) is 12.1. The molecule has 0 atom stereocenters.